The van der Waals surface area contributed by atoms with E-state index >= 15 is 0 Å². The average molecular weight is 427 g/mol. The molecule has 0 aliphatic heterocycles. The Kier molecular flexibility index (Phi) is 6.93. The number of hydrogen-bond acceptors (Lipinski definition) is 6. The molecule has 0 bridgehead atoms. The van der Waals surface area contributed by atoms with Gasteiger partial charge in [-0.05, 0) is 47.0 Å². The number of amides is 1. The minimum absolute atomic E-state index is 0.148. The van der Waals surface area contributed by atoms with Crippen LogP contribution in [-0.4, -0.2) is 35.8 Å². The van der Waals surface area contributed by atoms with Gasteiger partial charge >= 0.3 is 5.97 Å². The molecule has 3 aromatic rings. The molecule has 2 aromatic carbocycles. The Balaban J connectivity index is 1.78. The number of nitrogens with zero attached hydrogens (tertiary/aromatic N) is 2. The summed E-state index contributed by atoms with van der Waals surface area (Å²) in [7, 11) is 1.25. The van der Waals surface area contributed by atoms with Gasteiger partial charge in [0.25, 0.3) is 5.91 Å². The molecule has 1 amide bonds. The number of amidine groups is 1. The molecule has 0 fully saturated rings. The lowest BCUT2D eigenvalue weighted by Crippen LogP contribution is -2.43. The first-order chi connectivity index (χ1) is 15.4. The Morgan fingerprint density at radius 2 is 1.91 bits per heavy atom. The lowest BCUT2D eigenvalue weighted by molar-refractivity contribution is -0.142. The van der Waals surface area contributed by atoms with E-state index in [1.165, 1.54) is 13.3 Å². The SMILES string of the molecule is COC(=O)[C@H](Cc1ccnc(C(=N)N)c1)NC(=O)c1ccc(-c2ccccc2C#N)cc1. The predicted molar refractivity (Wildman–Crippen MR) is 119 cm³/mol. The Hall–Kier alpha value is -4.51. The molecule has 1 atom stereocenters. The Labute approximate surface area is 185 Å². The van der Waals surface area contributed by atoms with Crippen molar-refractivity contribution in [3.63, 3.8) is 0 Å². The van der Waals surface area contributed by atoms with Gasteiger partial charge in [0.2, 0.25) is 0 Å². The number of carbonyl (C=O) groups is 2. The van der Waals surface area contributed by atoms with Crippen LogP contribution in [0.15, 0.2) is 66.9 Å². The molecule has 160 valence electrons. The van der Waals surface area contributed by atoms with Crippen molar-refractivity contribution in [2.45, 2.75) is 12.5 Å². The Bertz CT molecular complexity index is 1200. The number of carbonyl (C=O) groups excluding carboxylic acids is 2. The number of benzene rings is 2. The van der Waals surface area contributed by atoms with Gasteiger partial charge in [0, 0.05) is 18.2 Å². The number of ether oxygens (including phenoxy) is 1. The molecule has 0 aliphatic rings. The van der Waals surface area contributed by atoms with Crippen molar-refractivity contribution in [1.29, 1.82) is 10.7 Å². The third-order valence-corrected chi connectivity index (χ3v) is 4.84. The van der Waals surface area contributed by atoms with Crippen molar-refractivity contribution in [2.75, 3.05) is 7.11 Å². The Morgan fingerprint density at radius 1 is 1.19 bits per heavy atom. The van der Waals surface area contributed by atoms with Crippen LogP contribution in [0.25, 0.3) is 11.1 Å². The quantitative estimate of drug-likeness (QED) is 0.300. The lowest BCUT2D eigenvalue weighted by Gasteiger charge is -2.17. The Morgan fingerprint density at radius 3 is 2.56 bits per heavy atom. The molecule has 0 aliphatic carbocycles. The molecule has 4 N–H and O–H groups in total. The van der Waals surface area contributed by atoms with Crippen LogP contribution >= 0.6 is 0 Å². The first-order valence-electron chi connectivity index (χ1n) is 9.70. The fraction of sp³-hybridized carbons (Fsp3) is 0.125. The number of aromatic nitrogens is 1. The summed E-state index contributed by atoms with van der Waals surface area (Å²) in [5.41, 5.74) is 8.90. The summed E-state index contributed by atoms with van der Waals surface area (Å²) in [5, 5.41) is 19.5. The van der Waals surface area contributed by atoms with E-state index in [0.29, 0.717) is 16.7 Å². The van der Waals surface area contributed by atoms with E-state index in [2.05, 4.69) is 16.4 Å². The number of esters is 1. The second-order valence-electron chi connectivity index (χ2n) is 6.95. The topological polar surface area (TPSA) is 142 Å². The van der Waals surface area contributed by atoms with Crippen LogP contribution in [0.1, 0.15) is 27.2 Å². The summed E-state index contributed by atoms with van der Waals surface area (Å²) in [4.78, 5) is 29.0. The van der Waals surface area contributed by atoms with Crippen molar-refractivity contribution < 1.29 is 14.3 Å². The number of rotatable bonds is 7. The monoisotopic (exact) mass is 427 g/mol. The molecule has 0 spiro atoms. The molecule has 0 unspecified atom stereocenters. The van der Waals surface area contributed by atoms with E-state index in [1.807, 2.05) is 12.1 Å². The van der Waals surface area contributed by atoms with Gasteiger partial charge in [0.05, 0.1) is 18.7 Å². The van der Waals surface area contributed by atoms with Crippen molar-refractivity contribution in [1.82, 2.24) is 10.3 Å². The number of hydrogen-bond donors (Lipinski definition) is 3. The summed E-state index contributed by atoms with van der Waals surface area (Å²) in [6, 6.07) is 18.4. The number of methoxy groups -OCH3 is 1. The molecule has 8 heteroatoms. The van der Waals surface area contributed by atoms with Gasteiger partial charge in [0.15, 0.2) is 0 Å². The van der Waals surface area contributed by atoms with Crippen LogP contribution < -0.4 is 11.1 Å². The third-order valence-electron chi connectivity index (χ3n) is 4.84. The molecule has 1 aromatic heterocycles. The molecular formula is C24H21N5O3. The number of nitrogen functional groups attached to an aromatic ring is 1. The molecule has 3 rings (SSSR count). The van der Waals surface area contributed by atoms with E-state index in [4.69, 9.17) is 15.9 Å². The number of nitrogens with one attached hydrogen (secondary N) is 2. The van der Waals surface area contributed by atoms with Gasteiger partial charge in [-0.25, -0.2) is 4.79 Å². The molecule has 8 nitrogen and oxygen atoms in total. The van der Waals surface area contributed by atoms with Gasteiger partial charge in [-0.3, -0.25) is 15.2 Å². The fourth-order valence-corrected chi connectivity index (χ4v) is 3.19. The summed E-state index contributed by atoms with van der Waals surface area (Å²) >= 11 is 0. The summed E-state index contributed by atoms with van der Waals surface area (Å²) in [6.45, 7) is 0. The van der Waals surface area contributed by atoms with Crippen LogP contribution in [0, 0.1) is 16.7 Å². The van der Waals surface area contributed by atoms with Crippen molar-refractivity contribution in [2.24, 2.45) is 5.73 Å². The second kappa shape index (κ2) is 10.00. The minimum atomic E-state index is -0.936. The van der Waals surface area contributed by atoms with Crippen molar-refractivity contribution >= 4 is 17.7 Å². The second-order valence-corrected chi connectivity index (χ2v) is 6.95. The van der Waals surface area contributed by atoms with Crippen molar-refractivity contribution in [3.05, 3.63) is 89.2 Å². The van der Waals surface area contributed by atoms with E-state index in [0.717, 1.165) is 11.1 Å². The van der Waals surface area contributed by atoms with E-state index in [-0.39, 0.29) is 18.0 Å². The molecule has 0 saturated heterocycles. The fourth-order valence-electron chi connectivity index (χ4n) is 3.19. The lowest BCUT2D eigenvalue weighted by atomic mass is 9.99. The normalized spacial score (nSPS) is 11.1. The third kappa shape index (κ3) is 5.15. The zero-order valence-corrected chi connectivity index (χ0v) is 17.3. The van der Waals surface area contributed by atoms with Gasteiger partial charge in [-0.15, -0.1) is 0 Å². The summed E-state index contributed by atoms with van der Waals surface area (Å²) in [6.07, 6.45) is 1.63. The van der Waals surface area contributed by atoms with Crippen LogP contribution in [-0.2, 0) is 16.0 Å². The average Bonchev–Trinajstić information content (AvgIpc) is 2.83. The van der Waals surface area contributed by atoms with Gasteiger partial charge in [0.1, 0.15) is 17.6 Å². The predicted octanol–water partition coefficient (Wildman–Crippen LogP) is 2.42. The van der Waals surface area contributed by atoms with E-state index < -0.39 is 17.9 Å². The number of pyridine rings is 1. The number of nitrogens with two attached hydrogens (primary N) is 1. The minimum Gasteiger partial charge on any atom is -0.467 e. The van der Waals surface area contributed by atoms with Gasteiger partial charge in [-0.1, -0.05) is 30.3 Å². The molecule has 0 radical (unpaired) electrons. The highest BCUT2D eigenvalue weighted by Gasteiger charge is 2.23. The molecule has 32 heavy (non-hydrogen) atoms. The standard InChI is InChI=1S/C24H21N5O3/c1-32-24(31)21(13-15-10-11-28-20(12-15)22(26)27)29-23(30)17-8-6-16(7-9-17)19-5-3-2-4-18(19)14-25/h2-12,21H,13H2,1H3,(H3,26,27)(H,29,30)/t21-/m0/s1. The van der Waals surface area contributed by atoms with E-state index in [1.54, 1.807) is 48.5 Å². The zero-order valence-electron chi connectivity index (χ0n) is 17.3. The number of nitriles is 1. The van der Waals surface area contributed by atoms with E-state index in [9.17, 15) is 14.9 Å². The van der Waals surface area contributed by atoms with Crippen LogP contribution in [0.5, 0.6) is 0 Å². The highest BCUT2D eigenvalue weighted by Crippen LogP contribution is 2.23. The highest BCUT2D eigenvalue weighted by atomic mass is 16.5. The maximum absolute atomic E-state index is 12.8. The zero-order chi connectivity index (χ0) is 23.1. The highest BCUT2D eigenvalue weighted by molar-refractivity contribution is 5.97. The summed E-state index contributed by atoms with van der Waals surface area (Å²) < 4.78 is 4.83. The van der Waals surface area contributed by atoms with Gasteiger partial charge < -0.3 is 15.8 Å². The smallest absolute Gasteiger partial charge is 0.328 e. The van der Waals surface area contributed by atoms with Crippen LogP contribution in [0.2, 0.25) is 0 Å². The molecule has 1 heterocycles. The summed E-state index contributed by atoms with van der Waals surface area (Å²) in [5.74, 6) is -1.23. The van der Waals surface area contributed by atoms with Crippen LogP contribution in [0.3, 0.4) is 0 Å². The first-order valence-corrected chi connectivity index (χ1v) is 9.70. The largest absolute Gasteiger partial charge is 0.467 e. The van der Waals surface area contributed by atoms with Crippen LogP contribution in [0.4, 0.5) is 0 Å². The molecular weight excluding hydrogens is 406 g/mol. The first kappa shape index (κ1) is 22.2. The maximum atomic E-state index is 12.8. The maximum Gasteiger partial charge on any atom is 0.328 e. The molecule has 0 saturated carbocycles. The van der Waals surface area contributed by atoms with Gasteiger partial charge in [-0.2, -0.15) is 5.26 Å². The van der Waals surface area contributed by atoms with Crippen molar-refractivity contribution in [3.8, 4) is 17.2 Å².